The molecule has 0 saturated carbocycles. The number of fused-ring (bicyclic) bond motifs is 3. The average molecular weight is 318 g/mol. The minimum absolute atomic E-state index is 0.0234. The summed E-state index contributed by atoms with van der Waals surface area (Å²) >= 11 is 0. The third-order valence-corrected chi connectivity index (χ3v) is 4.25. The van der Waals surface area contributed by atoms with Crippen molar-refractivity contribution in [3.63, 3.8) is 0 Å². The molecule has 3 rings (SSSR count). The molecule has 2 amide bonds. The number of rotatable bonds is 2. The number of halogens is 3. The molecule has 0 aromatic heterocycles. The van der Waals surface area contributed by atoms with Gasteiger partial charge in [-0.2, -0.15) is 13.5 Å². The highest BCUT2D eigenvalue weighted by Gasteiger charge is 2.61. The third-order valence-electron chi connectivity index (χ3n) is 3.39. The molecule has 0 radical (unpaired) electrons. The normalized spacial score (nSPS) is 35.5. The molecule has 0 aromatic rings. The Kier molecular flexibility index (Phi) is 2.74. The topological polar surface area (TPSA) is 85.4 Å². The van der Waals surface area contributed by atoms with Crippen molar-refractivity contribution in [1.29, 1.82) is 0 Å². The fourth-order valence-corrected chi connectivity index (χ4v) is 3.58. The number of hydroxylamine groups is 2. The Balaban J connectivity index is 1.96. The Hall–Kier alpha value is -1.11. The quantitative estimate of drug-likeness (QED) is 0.729. The Bertz CT molecular complexity index is 551. The molecule has 20 heavy (non-hydrogen) atoms. The largest absolute Gasteiger partial charge is 0.522 e. The van der Waals surface area contributed by atoms with Gasteiger partial charge in [0.05, 0.1) is 6.04 Å². The van der Waals surface area contributed by atoms with Crippen LogP contribution in [0.5, 0.6) is 0 Å². The minimum atomic E-state index is -4.96. The molecule has 3 heterocycles. The molecular formula is C8H9F3N2O6S. The highest BCUT2D eigenvalue weighted by molar-refractivity contribution is 7.81. The first-order chi connectivity index (χ1) is 9.12. The number of carbonyl (C=O) groups excluding carboxylic acids is 1. The lowest BCUT2D eigenvalue weighted by Gasteiger charge is -2.41. The molecule has 3 fully saturated rings. The number of hydrogen-bond acceptors (Lipinski definition) is 6. The first kappa shape index (κ1) is 13.9. The summed E-state index contributed by atoms with van der Waals surface area (Å²) in [6, 6.07) is -1.38. The summed E-state index contributed by atoms with van der Waals surface area (Å²) in [6.07, 6.45) is -4.81. The van der Waals surface area contributed by atoms with Crippen LogP contribution in [0, 0.1) is 0 Å². The monoisotopic (exact) mass is 318 g/mol. The number of urea groups is 1. The summed E-state index contributed by atoms with van der Waals surface area (Å²) in [5, 5.41) is 0.623. The number of nitrogens with zero attached hydrogens (tertiary/aromatic N) is 2. The van der Waals surface area contributed by atoms with Gasteiger partial charge in [0.1, 0.15) is 6.61 Å². The van der Waals surface area contributed by atoms with Crippen molar-refractivity contribution < 1.29 is 39.6 Å². The Morgan fingerprint density at radius 2 is 2.15 bits per heavy atom. The maximum absolute atomic E-state index is 12.2. The van der Waals surface area contributed by atoms with Gasteiger partial charge in [0.25, 0.3) is 0 Å². The van der Waals surface area contributed by atoms with Crippen LogP contribution in [0.15, 0.2) is 0 Å². The van der Waals surface area contributed by atoms with E-state index in [2.05, 4.69) is 13.2 Å². The van der Waals surface area contributed by atoms with Gasteiger partial charge in [-0.15, -0.1) is 17.5 Å². The second-order valence-electron chi connectivity index (χ2n) is 4.66. The average Bonchev–Trinajstić information content (AvgIpc) is 2.50. The lowest BCUT2D eigenvalue weighted by atomic mass is 9.98. The second-order valence-corrected chi connectivity index (χ2v) is 5.79. The van der Waals surface area contributed by atoms with Crippen LogP contribution in [0.25, 0.3) is 0 Å². The second kappa shape index (κ2) is 3.96. The number of piperidine rings is 1. The van der Waals surface area contributed by atoms with E-state index >= 15 is 0 Å². The fraction of sp³-hybridized carbons (Fsp3) is 0.875. The maximum Gasteiger partial charge on any atom is 0.522 e. The summed E-state index contributed by atoms with van der Waals surface area (Å²) in [4.78, 5) is 12.8. The molecule has 3 bridgehead atoms. The van der Waals surface area contributed by atoms with Gasteiger partial charge in [-0.05, 0) is 6.42 Å². The van der Waals surface area contributed by atoms with Crippen LogP contribution in [-0.4, -0.2) is 55.7 Å². The number of carbonyl (C=O) groups is 1. The van der Waals surface area contributed by atoms with Crippen LogP contribution in [-0.2, 0) is 23.6 Å². The Morgan fingerprint density at radius 3 is 2.80 bits per heavy atom. The standard InChI is InChI=1S/C8H9F3N2O6S/c9-8(10,11)17-4-7-2-1-5-3-12(7)6(14)13(5)19-20(15,16)18-7/h5H,1-4H2/t5-,7+/m1/s1. The number of hydrogen-bond donors (Lipinski definition) is 0. The predicted molar refractivity (Wildman–Crippen MR) is 52.8 cm³/mol. The Labute approximate surface area is 111 Å². The molecule has 0 unspecified atom stereocenters. The van der Waals surface area contributed by atoms with Crippen LogP contribution in [0.2, 0.25) is 0 Å². The van der Waals surface area contributed by atoms with Gasteiger partial charge in [-0.1, -0.05) is 0 Å². The van der Waals surface area contributed by atoms with Crippen LogP contribution in [0.3, 0.4) is 0 Å². The minimum Gasteiger partial charge on any atom is -0.289 e. The molecule has 3 saturated heterocycles. The molecule has 0 aliphatic carbocycles. The van der Waals surface area contributed by atoms with E-state index in [4.69, 9.17) is 0 Å². The van der Waals surface area contributed by atoms with Crippen LogP contribution in [0.4, 0.5) is 18.0 Å². The predicted octanol–water partition coefficient (Wildman–Crippen LogP) is 0.326. The molecule has 3 aliphatic rings. The van der Waals surface area contributed by atoms with Crippen molar-refractivity contribution in [2.75, 3.05) is 13.2 Å². The summed E-state index contributed by atoms with van der Waals surface area (Å²) < 4.78 is 72.4. The lowest BCUT2D eigenvalue weighted by Crippen LogP contribution is -2.58. The van der Waals surface area contributed by atoms with E-state index in [1.165, 1.54) is 0 Å². The van der Waals surface area contributed by atoms with Crippen molar-refractivity contribution in [3.8, 4) is 0 Å². The first-order valence-electron chi connectivity index (χ1n) is 5.59. The van der Waals surface area contributed by atoms with Crippen molar-refractivity contribution in [2.24, 2.45) is 0 Å². The molecule has 0 spiro atoms. The van der Waals surface area contributed by atoms with E-state index in [9.17, 15) is 26.4 Å². The van der Waals surface area contributed by atoms with E-state index in [-0.39, 0.29) is 19.4 Å². The van der Waals surface area contributed by atoms with Crippen molar-refractivity contribution in [2.45, 2.75) is 31.0 Å². The van der Waals surface area contributed by atoms with Gasteiger partial charge in [-0.25, -0.2) is 8.98 Å². The zero-order valence-corrected chi connectivity index (χ0v) is 10.6. The van der Waals surface area contributed by atoms with Gasteiger partial charge >= 0.3 is 22.8 Å². The lowest BCUT2D eigenvalue weighted by molar-refractivity contribution is -0.343. The number of alkyl halides is 3. The van der Waals surface area contributed by atoms with E-state index in [1.54, 1.807) is 0 Å². The highest BCUT2D eigenvalue weighted by Crippen LogP contribution is 2.43. The summed E-state index contributed by atoms with van der Waals surface area (Å²) in [5.41, 5.74) is -2.02. The summed E-state index contributed by atoms with van der Waals surface area (Å²) in [5.74, 6) is 0. The van der Waals surface area contributed by atoms with Crippen LogP contribution >= 0.6 is 0 Å². The molecule has 2 atom stereocenters. The summed E-state index contributed by atoms with van der Waals surface area (Å²) in [6.45, 7) is -1.11. The molecule has 12 heteroatoms. The first-order valence-corrected chi connectivity index (χ1v) is 6.92. The summed E-state index contributed by atoms with van der Waals surface area (Å²) in [7, 11) is -4.62. The fourth-order valence-electron chi connectivity index (χ4n) is 2.57. The van der Waals surface area contributed by atoms with E-state index in [1.807, 2.05) is 0 Å². The number of ether oxygens (including phenoxy) is 1. The third kappa shape index (κ3) is 2.12. The molecule has 0 N–H and O–H groups in total. The zero-order valence-electron chi connectivity index (χ0n) is 9.79. The van der Waals surface area contributed by atoms with Crippen molar-refractivity contribution >= 4 is 16.4 Å². The van der Waals surface area contributed by atoms with Crippen LogP contribution in [0.1, 0.15) is 12.8 Å². The van der Waals surface area contributed by atoms with Gasteiger partial charge < -0.3 is 0 Å². The maximum atomic E-state index is 12.2. The van der Waals surface area contributed by atoms with Gasteiger partial charge in [0, 0.05) is 13.0 Å². The van der Waals surface area contributed by atoms with E-state index in [0.29, 0.717) is 5.06 Å². The molecule has 8 nitrogen and oxygen atoms in total. The van der Waals surface area contributed by atoms with Gasteiger partial charge in [0.2, 0.25) is 0 Å². The van der Waals surface area contributed by atoms with E-state index < -0.39 is 41.2 Å². The van der Waals surface area contributed by atoms with Gasteiger partial charge in [-0.3, -0.25) is 9.64 Å². The van der Waals surface area contributed by atoms with Crippen LogP contribution < -0.4 is 0 Å². The van der Waals surface area contributed by atoms with Crippen molar-refractivity contribution in [1.82, 2.24) is 9.96 Å². The molecule has 114 valence electrons. The smallest absolute Gasteiger partial charge is 0.289 e. The highest BCUT2D eigenvalue weighted by atomic mass is 32.3. The molecular weight excluding hydrogens is 309 g/mol. The molecule has 3 aliphatic heterocycles. The zero-order chi connectivity index (χ0) is 14.8. The van der Waals surface area contributed by atoms with E-state index in [0.717, 1.165) is 4.90 Å². The Morgan fingerprint density at radius 1 is 1.45 bits per heavy atom. The molecule has 0 aromatic carbocycles. The number of amides is 2. The SMILES string of the molecule is O=C1N2OS(=O)(=O)O[C@]3(COC(F)(F)F)CC[C@@H]2CN13. The van der Waals surface area contributed by atoms with Gasteiger partial charge in [0.15, 0.2) is 5.72 Å². The van der Waals surface area contributed by atoms with Crippen molar-refractivity contribution in [3.05, 3.63) is 0 Å².